The number of benzene rings is 1. The number of ether oxygens (including phenoxy) is 2. The molecule has 0 atom stereocenters. The third-order valence-corrected chi connectivity index (χ3v) is 4.62. The summed E-state index contributed by atoms with van der Waals surface area (Å²) in [5.74, 6) is -0.168. The van der Waals surface area contributed by atoms with Crippen molar-refractivity contribution < 1.29 is 22.6 Å². The number of halogens is 3. The van der Waals surface area contributed by atoms with Gasteiger partial charge in [0.2, 0.25) is 0 Å². The highest BCUT2D eigenvalue weighted by Crippen LogP contribution is 2.42. The number of aromatic nitrogens is 2. The molecule has 0 fully saturated rings. The van der Waals surface area contributed by atoms with Crippen LogP contribution in [0.15, 0.2) is 18.3 Å². The van der Waals surface area contributed by atoms with Crippen LogP contribution in [0.1, 0.15) is 23.1 Å². The molecule has 0 radical (unpaired) electrons. The van der Waals surface area contributed by atoms with Crippen LogP contribution in [0.25, 0.3) is 11.3 Å². The fourth-order valence-electron chi connectivity index (χ4n) is 3.14. The Balaban J connectivity index is 2.34. The van der Waals surface area contributed by atoms with Crippen molar-refractivity contribution in [3.8, 4) is 17.0 Å². The summed E-state index contributed by atoms with van der Waals surface area (Å²) in [6, 6.07) is 3.02. The summed E-state index contributed by atoms with van der Waals surface area (Å²) >= 11 is 0. The summed E-state index contributed by atoms with van der Waals surface area (Å²) in [4.78, 5) is 2.08. The fourth-order valence-corrected chi connectivity index (χ4v) is 3.14. The quantitative estimate of drug-likeness (QED) is 0.552. The smallest absolute Gasteiger partial charge is 0.420 e. The van der Waals surface area contributed by atoms with E-state index < -0.39 is 11.7 Å². The van der Waals surface area contributed by atoms with E-state index in [0.717, 1.165) is 18.7 Å². The van der Waals surface area contributed by atoms with Gasteiger partial charge in [-0.2, -0.15) is 18.3 Å². The third-order valence-electron chi connectivity index (χ3n) is 4.62. The maximum Gasteiger partial charge on any atom is 0.420 e. The van der Waals surface area contributed by atoms with E-state index in [-0.39, 0.29) is 17.9 Å². The van der Waals surface area contributed by atoms with E-state index in [0.29, 0.717) is 30.8 Å². The van der Waals surface area contributed by atoms with E-state index >= 15 is 0 Å². The van der Waals surface area contributed by atoms with Crippen molar-refractivity contribution >= 4 is 0 Å². The van der Waals surface area contributed by atoms with Gasteiger partial charge in [0, 0.05) is 57.1 Å². The minimum atomic E-state index is -4.53. The highest BCUT2D eigenvalue weighted by molar-refractivity contribution is 5.70. The summed E-state index contributed by atoms with van der Waals surface area (Å²) in [7, 11) is 5.37. The zero-order valence-corrected chi connectivity index (χ0v) is 17.3. The molecule has 162 valence electrons. The van der Waals surface area contributed by atoms with Crippen molar-refractivity contribution in [2.75, 3.05) is 47.5 Å². The van der Waals surface area contributed by atoms with Gasteiger partial charge in [-0.1, -0.05) is 0 Å². The first-order chi connectivity index (χ1) is 13.8. The van der Waals surface area contributed by atoms with E-state index in [2.05, 4.69) is 20.4 Å². The maximum absolute atomic E-state index is 13.8. The zero-order valence-electron chi connectivity index (χ0n) is 17.3. The Hall–Kier alpha value is -2.10. The molecule has 0 aliphatic heterocycles. The standard InChI is InChI=1S/C20H29F3N4O2/c1-14-16(19-15(12-25-26-19)13-27(3)9-8-24-2)6-7-17(18(14)20(21,22)23)29-11-5-10-28-4/h6-7,12,24H,5,8-11,13H2,1-4H3,(H,25,26). The molecule has 0 unspecified atom stereocenters. The first-order valence-electron chi connectivity index (χ1n) is 9.48. The van der Waals surface area contributed by atoms with E-state index in [1.807, 2.05) is 14.1 Å². The van der Waals surface area contributed by atoms with Crippen molar-refractivity contribution in [1.82, 2.24) is 20.4 Å². The van der Waals surface area contributed by atoms with Crippen molar-refractivity contribution in [3.05, 3.63) is 35.0 Å². The molecular weight excluding hydrogens is 385 g/mol. The molecule has 29 heavy (non-hydrogen) atoms. The Morgan fingerprint density at radius 2 is 2.00 bits per heavy atom. The molecule has 0 amide bonds. The van der Waals surface area contributed by atoms with E-state index in [4.69, 9.17) is 9.47 Å². The second kappa shape index (κ2) is 10.6. The lowest BCUT2D eigenvalue weighted by molar-refractivity contribution is -0.139. The first kappa shape index (κ1) is 23.2. The van der Waals surface area contributed by atoms with Gasteiger partial charge >= 0.3 is 6.18 Å². The van der Waals surface area contributed by atoms with E-state index in [1.54, 1.807) is 12.3 Å². The van der Waals surface area contributed by atoms with E-state index in [9.17, 15) is 13.2 Å². The van der Waals surface area contributed by atoms with Crippen molar-refractivity contribution in [3.63, 3.8) is 0 Å². The van der Waals surface area contributed by atoms with Crippen LogP contribution in [0.3, 0.4) is 0 Å². The second-order valence-electron chi connectivity index (χ2n) is 6.90. The van der Waals surface area contributed by atoms with Crippen LogP contribution in [0, 0.1) is 6.92 Å². The van der Waals surface area contributed by atoms with Crippen LogP contribution in [0.4, 0.5) is 13.2 Å². The van der Waals surface area contributed by atoms with Gasteiger partial charge in [-0.15, -0.1) is 0 Å². The number of methoxy groups -OCH3 is 1. The molecule has 0 spiro atoms. The minimum Gasteiger partial charge on any atom is -0.493 e. The SMILES string of the molecule is CNCCN(C)Cc1c[nH]nc1-c1ccc(OCCCOC)c(C(F)(F)F)c1C. The van der Waals surface area contributed by atoms with Crippen LogP contribution in [0.5, 0.6) is 5.75 Å². The van der Waals surface area contributed by atoms with Crippen LogP contribution in [0.2, 0.25) is 0 Å². The van der Waals surface area contributed by atoms with Gasteiger partial charge in [0.25, 0.3) is 0 Å². The molecule has 1 heterocycles. The summed E-state index contributed by atoms with van der Waals surface area (Å²) in [5, 5.41) is 10.1. The highest BCUT2D eigenvalue weighted by atomic mass is 19.4. The Morgan fingerprint density at radius 1 is 1.24 bits per heavy atom. The molecule has 0 aliphatic carbocycles. The predicted molar refractivity (Wildman–Crippen MR) is 106 cm³/mol. The topological polar surface area (TPSA) is 62.4 Å². The number of likely N-dealkylation sites (N-methyl/N-ethyl adjacent to an activating group) is 2. The highest BCUT2D eigenvalue weighted by Gasteiger charge is 2.37. The van der Waals surface area contributed by atoms with Crippen molar-refractivity contribution in [1.29, 1.82) is 0 Å². The van der Waals surface area contributed by atoms with Gasteiger partial charge in [-0.05, 0) is 38.7 Å². The molecule has 0 saturated carbocycles. The number of hydrogen-bond acceptors (Lipinski definition) is 5. The second-order valence-corrected chi connectivity index (χ2v) is 6.90. The van der Waals surface area contributed by atoms with E-state index in [1.165, 1.54) is 20.1 Å². The molecule has 2 N–H and O–H groups in total. The van der Waals surface area contributed by atoms with Gasteiger partial charge in [-0.3, -0.25) is 5.10 Å². The average molecular weight is 414 g/mol. The Labute approximate surface area is 169 Å². The summed E-state index contributed by atoms with van der Waals surface area (Å²) in [5.41, 5.74) is 1.15. The third kappa shape index (κ3) is 6.19. The number of nitrogens with zero attached hydrogens (tertiary/aromatic N) is 2. The Kier molecular flexibility index (Phi) is 8.48. The van der Waals surface area contributed by atoms with Crippen molar-refractivity contribution in [2.45, 2.75) is 26.1 Å². The molecule has 6 nitrogen and oxygen atoms in total. The van der Waals surface area contributed by atoms with Gasteiger partial charge < -0.3 is 19.7 Å². The molecule has 9 heteroatoms. The number of hydrogen-bond donors (Lipinski definition) is 2. The molecule has 2 aromatic rings. The van der Waals surface area contributed by atoms with Crippen molar-refractivity contribution in [2.24, 2.45) is 0 Å². The number of nitrogens with one attached hydrogen (secondary N) is 2. The zero-order chi connectivity index (χ0) is 21.4. The van der Waals surface area contributed by atoms with Gasteiger partial charge in [-0.25, -0.2) is 0 Å². The van der Waals surface area contributed by atoms with Crippen LogP contribution in [-0.2, 0) is 17.5 Å². The molecule has 1 aromatic heterocycles. The van der Waals surface area contributed by atoms with Gasteiger partial charge in [0.1, 0.15) is 11.3 Å². The Bertz CT molecular complexity index is 778. The average Bonchev–Trinajstić information content (AvgIpc) is 3.10. The lowest BCUT2D eigenvalue weighted by Gasteiger charge is -2.20. The summed E-state index contributed by atoms with van der Waals surface area (Å²) in [6.45, 7) is 4.24. The molecule has 0 aliphatic rings. The van der Waals surface area contributed by atoms with Gasteiger partial charge in [0.05, 0.1) is 12.3 Å². The monoisotopic (exact) mass is 414 g/mol. The molecule has 2 rings (SSSR count). The number of rotatable bonds is 11. The minimum absolute atomic E-state index is 0.105. The first-order valence-corrected chi connectivity index (χ1v) is 9.48. The number of aromatic amines is 1. The summed E-state index contributed by atoms with van der Waals surface area (Å²) in [6.07, 6.45) is -2.29. The van der Waals surface area contributed by atoms with Gasteiger partial charge in [0.15, 0.2) is 0 Å². The number of alkyl halides is 3. The van der Waals surface area contributed by atoms with Crippen LogP contribution < -0.4 is 10.1 Å². The maximum atomic E-state index is 13.8. The molecule has 0 bridgehead atoms. The predicted octanol–water partition coefficient (Wildman–Crippen LogP) is 3.47. The lowest BCUT2D eigenvalue weighted by Crippen LogP contribution is -2.27. The normalized spacial score (nSPS) is 12.0. The largest absolute Gasteiger partial charge is 0.493 e. The molecule has 1 aromatic carbocycles. The van der Waals surface area contributed by atoms with Crippen LogP contribution >= 0.6 is 0 Å². The lowest BCUT2D eigenvalue weighted by atomic mass is 9.96. The summed E-state index contributed by atoms with van der Waals surface area (Å²) < 4.78 is 51.8. The fraction of sp³-hybridized carbons (Fsp3) is 0.550. The molecule has 0 saturated heterocycles. The number of H-pyrrole nitrogens is 1. The van der Waals surface area contributed by atoms with Crippen LogP contribution in [-0.4, -0.2) is 62.6 Å². The molecular formula is C20H29F3N4O2. The Morgan fingerprint density at radius 3 is 2.66 bits per heavy atom.